The minimum absolute atomic E-state index is 0.0418. The zero-order valence-electron chi connectivity index (χ0n) is 14.4. The monoisotopic (exact) mass is 385 g/mol. The van der Waals surface area contributed by atoms with Gasteiger partial charge in [0.05, 0.1) is 17.4 Å². The van der Waals surface area contributed by atoms with Crippen molar-refractivity contribution >= 4 is 23.8 Å². The summed E-state index contributed by atoms with van der Waals surface area (Å²) in [6, 6.07) is 9.00. The van der Waals surface area contributed by atoms with Crippen LogP contribution in [0.25, 0.3) is 0 Å². The maximum absolute atomic E-state index is 12.5. The van der Waals surface area contributed by atoms with E-state index in [2.05, 4.69) is 20.6 Å². The average Bonchev–Trinajstić information content (AvgIpc) is 3.10. The predicted molar refractivity (Wildman–Crippen MR) is 100 cm³/mol. The molecule has 9 heteroatoms. The van der Waals surface area contributed by atoms with Gasteiger partial charge in [0.2, 0.25) is 0 Å². The van der Waals surface area contributed by atoms with E-state index >= 15 is 0 Å². The van der Waals surface area contributed by atoms with Crippen molar-refractivity contribution in [3.63, 3.8) is 0 Å². The molecule has 3 atom stereocenters. The molecule has 140 valence electrons. The van der Waals surface area contributed by atoms with Crippen LogP contribution in [0.5, 0.6) is 0 Å². The van der Waals surface area contributed by atoms with E-state index in [1.54, 1.807) is 42.5 Å². The number of thioether (sulfide) groups is 1. The maximum atomic E-state index is 12.5. The molecule has 2 aromatic rings. The summed E-state index contributed by atoms with van der Waals surface area (Å²) in [6.07, 6.45) is 3.90. The molecule has 2 fully saturated rings. The van der Waals surface area contributed by atoms with Crippen molar-refractivity contribution in [1.82, 2.24) is 25.5 Å². The van der Waals surface area contributed by atoms with Crippen LogP contribution in [0, 0.1) is 5.92 Å². The summed E-state index contributed by atoms with van der Waals surface area (Å²) in [5, 5.41) is 15.9. The van der Waals surface area contributed by atoms with E-state index in [4.69, 9.17) is 0 Å². The molecule has 1 aromatic heterocycles. The fourth-order valence-corrected chi connectivity index (χ4v) is 4.97. The Morgan fingerprint density at radius 2 is 2.11 bits per heavy atom. The van der Waals surface area contributed by atoms with Crippen molar-refractivity contribution in [2.75, 3.05) is 18.8 Å². The highest BCUT2D eigenvalue weighted by atomic mass is 32.2. The van der Waals surface area contributed by atoms with Gasteiger partial charge < -0.3 is 15.3 Å². The SMILES string of the molecule is O=C(NC1NC2(c3cnccn3)CN(C(=O)O)CC2CS1)c1ccccc1. The molecule has 2 amide bonds. The molecule has 0 aliphatic carbocycles. The van der Waals surface area contributed by atoms with Gasteiger partial charge in [-0.15, -0.1) is 11.8 Å². The third kappa shape index (κ3) is 3.35. The Hall–Kier alpha value is -2.65. The molecule has 8 nitrogen and oxygen atoms in total. The Kier molecular flexibility index (Phi) is 4.71. The lowest BCUT2D eigenvalue weighted by Crippen LogP contribution is -2.61. The number of likely N-dealkylation sites (tertiary alicyclic amines) is 1. The van der Waals surface area contributed by atoms with Crippen LogP contribution in [0.3, 0.4) is 0 Å². The van der Waals surface area contributed by atoms with Crippen molar-refractivity contribution < 1.29 is 14.7 Å². The Balaban J connectivity index is 1.59. The normalized spacial score (nSPS) is 27.0. The fraction of sp³-hybridized carbons (Fsp3) is 0.333. The van der Waals surface area contributed by atoms with Gasteiger partial charge in [0.1, 0.15) is 5.50 Å². The first-order valence-corrected chi connectivity index (χ1v) is 9.63. The maximum Gasteiger partial charge on any atom is 0.407 e. The summed E-state index contributed by atoms with van der Waals surface area (Å²) in [5.41, 5.74) is 0.240. The largest absolute Gasteiger partial charge is 0.465 e. The molecular weight excluding hydrogens is 366 g/mol. The van der Waals surface area contributed by atoms with Crippen molar-refractivity contribution in [1.29, 1.82) is 0 Å². The van der Waals surface area contributed by atoms with E-state index in [0.717, 1.165) is 0 Å². The number of nitrogens with one attached hydrogen (secondary N) is 2. The summed E-state index contributed by atoms with van der Waals surface area (Å²) < 4.78 is 0. The standard InChI is InChI=1S/C18H19N5O3S/c24-15(12-4-2-1-3-5-12)21-16-22-18(14-8-19-6-7-20-14)11-23(17(25)26)9-13(18)10-27-16/h1-8,13,16,22H,9-11H2,(H,21,24)(H,25,26). The van der Waals surface area contributed by atoms with Crippen molar-refractivity contribution in [3.05, 3.63) is 60.2 Å². The van der Waals surface area contributed by atoms with Gasteiger partial charge in [0, 0.05) is 42.7 Å². The molecule has 0 spiro atoms. The van der Waals surface area contributed by atoms with Crippen molar-refractivity contribution in [3.8, 4) is 0 Å². The molecule has 1 aromatic carbocycles. The molecule has 27 heavy (non-hydrogen) atoms. The highest BCUT2D eigenvalue weighted by Gasteiger charge is 2.54. The van der Waals surface area contributed by atoms with Crippen LogP contribution < -0.4 is 10.6 Å². The van der Waals surface area contributed by atoms with Crippen LogP contribution in [-0.2, 0) is 5.54 Å². The smallest absolute Gasteiger partial charge is 0.407 e. The second-order valence-corrected chi connectivity index (χ2v) is 7.76. The summed E-state index contributed by atoms with van der Waals surface area (Å²) in [6.45, 7) is 0.690. The van der Waals surface area contributed by atoms with Crippen LogP contribution in [0.2, 0.25) is 0 Å². The third-order valence-electron chi connectivity index (χ3n) is 5.02. The van der Waals surface area contributed by atoms with Crippen LogP contribution >= 0.6 is 11.8 Å². The van der Waals surface area contributed by atoms with Crippen molar-refractivity contribution in [2.24, 2.45) is 5.92 Å². The molecule has 0 bridgehead atoms. The Morgan fingerprint density at radius 1 is 1.30 bits per heavy atom. The van der Waals surface area contributed by atoms with Gasteiger partial charge in [-0.2, -0.15) is 0 Å². The number of hydrogen-bond acceptors (Lipinski definition) is 6. The first-order chi connectivity index (χ1) is 13.1. The summed E-state index contributed by atoms with van der Waals surface area (Å²) >= 11 is 1.56. The van der Waals surface area contributed by atoms with E-state index in [1.807, 2.05) is 18.2 Å². The second-order valence-electron chi connectivity index (χ2n) is 6.62. The Morgan fingerprint density at radius 3 is 2.81 bits per heavy atom. The molecule has 3 heterocycles. The minimum Gasteiger partial charge on any atom is -0.465 e. The molecule has 3 N–H and O–H groups in total. The highest BCUT2D eigenvalue weighted by Crippen LogP contribution is 2.42. The summed E-state index contributed by atoms with van der Waals surface area (Å²) in [7, 11) is 0. The van der Waals surface area contributed by atoms with Crippen LogP contribution in [0.4, 0.5) is 4.79 Å². The van der Waals surface area contributed by atoms with Gasteiger partial charge >= 0.3 is 6.09 Å². The first kappa shape index (κ1) is 17.7. The first-order valence-electron chi connectivity index (χ1n) is 8.58. The zero-order chi connectivity index (χ0) is 18.9. The number of nitrogens with zero attached hydrogens (tertiary/aromatic N) is 3. The van der Waals surface area contributed by atoms with Crippen LogP contribution in [-0.4, -0.2) is 56.3 Å². The van der Waals surface area contributed by atoms with E-state index in [9.17, 15) is 14.7 Å². The molecule has 2 aliphatic rings. The molecule has 2 aliphatic heterocycles. The molecule has 0 saturated carbocycles. The number of fused-ring (bicyclic) bond motifs is 1. The third-order valence-corrected chi connectivity index (χ3v) is 6.18. The van der Waals surface area contributed by atoms with Crippen LogP contribution in [0.15, 0.2) is 48.9 Å². The molecule has 4 rings (SSSR count). The summed E-state index contributed by atoms with van der Waals surface area (Å²) in [4.78, 5) is 34.1. The molecule has 0 radical (unpaired) electrons. The quantitative estimate of drug-likeness (QED) is 0.732. The van der Waals surface area contributed by atoms with E-state index in [0.29, 0.717) is 23.6 Å². The number of benzene rings is 1. The lowest BCUT2D eigenvalue weighted by molar-refractivity contribution is 0.0930. The van der Waals surface area contributed by atoms with E-state index < -0.39 is 11.6 Å². The van der Waals surface area contributed by atoms with Gasteiger partial charge in [0.25, 0.3) is 5.91 Å². The Labute approximate surface area is 160 Å². The molecule has 2 saturated heterocycles. The van der Waals surface area contributed by atoms with Gasteiger partial charge in [-0.1, -0.05) is 18.2 Å². The predicted octanol–water partition coefficient (Wildman–Crippen LogP) is 1.33. The van der Waals surface area contributed by atoms with Gasteiger partial charge in [0.15, 0.2) is 0 Å². The van der Waals surface area contributed by atoms with Crippen LogP contribution in [0.1, 0.15) is 16.1 Å². The zero-order valence-corrected chi connectivity index (χ0v) is 15.2. The minimum atomic E-state index is -0.954. The number of carboxylic acid groups (broad SMARTS) is 1. The number of carbonyl (C=O) groups is 2. The van der Waals surface area contributed by atoms with Crippen molar-refractivity contribution in [2.45, 2.75) is 11.0 Å². The van der Waals surface area contributed by atoms with Gasteiger partial charge in [-0.25, -0.2) is 4.79 Å². The fourth-order valence-electron chi connectivity index (χ4n) is 3.67. The average molecular weight is 385 g/mol. The molecule has 3 unspecified atom stereocenters. The van der Waals surface area contributed by atoms with E-state index in [1.165, 1.54) is 4.90 Å². The second kappa shape index (κ2) is 7.16. The lowest BCUT2D eigenvalue weighted by atomic mass is 9.85. The topological polar surface area (TPSA) is 107 Å². The van der Waals surface area contributed by atoms with Gasteiger partial charge in [-0.3, -0.25) is 20.1 Å². The highest BCUT2D eigenvalue weighted by molar-refractivity contribution is 7.99. The summed E-state index contributed by atoms with van der Waals surface area (Å²) in [5.74, 6) is 0.564. The van der Waals surface area contributed by atoms with E-state index in [-0.39, 0.29) is 23.9 Å². The van der Waals surface area contributed by atoms with Gasteiger partial charge in [-0.05, 0) is 12.1 Å². The number of amides is 2. The number of aromatic nitrogens is 2. The molecular formula is C18H19N5O3S. The number of carbonyl (C=O) groups excluding carboxylic acids is 1. The number of rotatable bonds is 3. The Bertz CT molecular complexity index is 837. The lowest BCUT2D eigenvalue weighted by Gasteiger charge is -2.42. The number of hydrogen-bond donors (Lipinski definition) is 3.